The van der Waals surface area contributed by atoms with Gasteiger partial charge in [-0.3, -0.25) is 14.9 Å². The Bertz CT molecular complexity index is 882. The molecule has 0 saturated heterocycles. The molecule has 0 spiro atoms. The summed E-state index contributed by atoms with van der Waals surface area (Å²) in [7, 11) is 0. The summed E-state index contributed by atoms with van der Waals surface area (Å²) in [5.41, 5.74) is 3.56. The number of carbonyl (C=O) groups is 1. The van der Waals surface area contributed by atoms with E-state index in [1.54, 1.807) is 12.1 Å². The number of amides is 1. The number of nitro groups is 1. The molecule has 2 aromatic carbocycles. The lowest BCUT2D eigenvalue weighted by Gasteiger charge is -2.05. The van der Waals surface area contributed by atoms with Gasteiger partial charge in [0, 0.05) is 34.4 Å². The molecule has 0 aliphatic heterocycles. The topological polar surface area (TPSA) is 88.0 Å². The van der Waals surface area contributed by atoms with Crippen molar-refractivity contribution in [1.82, 2.24) is 4.98 Å². The molecule has 3 aromatic rings. The predicted octanol–water partition coefficient (Wildman–Crippen LogP) is 3.57. The third-order valence-corrected chi connectivity index (χ3v) is 3.55. The van der Waals surface area contributed by atoms with Crippen LogP contribution in [-0.4, -0.2) is 15.8 Å². The van der Waals surface area contributed by atoms with Gasteiger partial charge in [-0.1, -0.05) is 12.1 Å². The van der Waals surface area contributed by atoms with Crippen molar-refractivity contribution in [3.05, 3.63) is 69.9 Å². The fourth-order valence-corrected chi connectivity index (χ4v) is 2.48. The van der Waals surface area contributed by atoms with Crippen LogP contribution in [0.3, 0.4) is 0 Å². The van der Waals surface area contributed by atoms with E-state index in [1.807, 2.05) is 31.2 Å². The van der Waals surface area contributed by atoms with Gasteiger partial charge in [0.1, 0.15) is 0 Å². The van der Waals surface area contributed by atoms with Crippen molar-refractivity contribution in [3.63, 3.8) is 0 Å². The van der Waals surface area contributed by atoms with Crippen molar-refractivity contribution in [2.75, 3.05) is 5.32 Å². The third kappa shape index (κ3) is 3.37. The lowest BCUT2D eigenvalue weighted by Crippen LogP contribution is -2.14. The summed E-state index contributed by atoms with van der Waals surface area (Å²) >= 11 is 0. The first-order valence-corrected chi connectivity index (χ1v) is 7.14. The summed E-state index contributed by atoms with van der Waals surface area (Å²) in [6, 6.07) is 13.7. The number of benzene rings is 2. The van der Waals surface area contributed by atoms with Crippen LogP contribution in [0.1, 0.15) is 11.3 Å². The summed E-state index contributed by atoms with van der Waals surface area (Å²) < 4.78 is 0. The zero-order valence-electron chi connectivity index (χ0n) is 12.5. The van der Waals surface area contributed by atoms with E-state index >= 15 is 0 Å². The molecule has 1 amide bonds. The number of nitro benzene ring substituents is 1. The first-order chi connectivity index (χ1) is 11.0. The molecule has 0 bridgehead atoms. The van der Waals surface area contributed by atoms with Crippen LogP contribution in [0.25, 0.3) is 10.9 Å². The van der Waals surface area contributed by atoms with Gasteiger partial charge in [-0.2, -0.15) is 0 Å². The standard InChI is InChI=1S/C17H15N3O3/c1-11-8-13-10-14(4-7-16(13)18-11)19-17(21)9-12-2-5-15(6-3-12)20(22)23/h2-8,10,18H,9H2,1H3,(H,19,21). The molecule has 116 valence electrons. The Hall–Kier alpha value is -3.15. The molecular weight excluding hydrogens is 294 g/mol. The zero-order chi connectivity index (χ0) is 16.4. The second-order valence-corrected chi connectivity index (χ2v) is 5.40. The summed E-state index contributed by atoms with van der Waals surface area (Å²) in [6.45, 7) is 1.98. The van der Waals surface area contributed by atoms with E-state index in [0.29, 0.717) is 0 Å². The number of nitrogens with zero attached hydrogens (tertiary/aromatic N) is 1. The van der Waals surface area contributed by atoms with Gasteiger partial charge in [0.2, 0.25) is 5.91 Å². The van der Waals surface area contributed by atoms with Crippen LogP contribution >= 0.6 is 0 Å². The maximum Gasteiger partial charge on any atom is 0.269 e. The van der Waals surface area contributed by atoms with Gasteiger partial charge in [-0.05, 0) is 36.8 Å². The van der Waals surface area contributed by atoms with Crippen molar-refractivity contribution < 1.29 is 9.72 Å². The van der Waals surface area contributed by atoms with Crippen LogP contribution in [0.4, 0.5) is 11.4 Å². The Kier molecular flexibility index (Phi) is 3.80. The minimum absolute atomic E-state index is 0.0161. The number of aromatic nitrogens is 1. The molecule has 23 heavy (non-hydrogen) atoms. The van der Waals surface area contributed by atoms with Crippen LogP contribution in [0.15, 0.2) is 48.5 Å². The highest BCUT2D eigenvalue weighted by molar-refractivity contribution is 5.95. The summed E-state index contributed by atoms with van der Waals surface area (Å²) in [6.07, 6.45) is 0.169. The summed E-state index contributed by atoms with van der Waals surface area (Å²) in [5.74, 6) is -0.162. The van der Waals surface area contributed by atoms with Crippen molar-refractivity contribution in [2.24, 2.45) is 0 Å². The van der Waals surface area contributed by atoms with Crippen molar-refractivity contribution in [1.29, 1.82) is 0 Å². The van der Waals surface area contributed by atoms with Crippen LogP contribution in [-0.2, 0) is 11.2 Å². The number of rotatable bonds is 4. The van der Waals surface area contributed by atoms with E-state index in [1.165, 1.54) is 12.1 Å². The van der Waals surface area contributed by atoms with Crippen LogP contribution in [0.2, 0.25) is 0 Å². The maximum atomic E-state index is 12.1. The number of H-pyrrole nitrogens is 1. The quantitative estimate of drug-likeness (QED) is 0.570. The van der Waals surface area contributed by atoms with Crippen molar-refractivity contribution in [3.8, 4) is 0 Å². The van der Waals surface area contributed by atoms with E-state index in [9.17, 15) is 14.9 Å². The van der Waals surface area contributed by atoms with Gasteiger partial charge in [-0.15, -0.1) is 0 Å². The lowest BCUT2D eigenvalue weighted by atomic mass is 10.1. The Morgan fingerprint density at radius 2 is 1.91 bits per heavy atom. The molecule has 0 unspecified atom stereocenters. The number of non-ortho nitro benzene ring substituents is 1. The summed E-state index contributed by atoms with van der Waals surface area (Å²) in [4.78, 5) is 25.5. The molecule has 0 fully saturated rings. The fourth-order valence-electron chi connectivity index (χ4n) is 2.48. The molecule has 1 heterocycles. The molecule has 0 radical (unpaired) electrons. The number of nitrogens with one attached hydrogen (secondary N) is 2. The second-order valence-electron chi connectivity index (χ2n) is 5.40. The number of aromatic amines is 1. The van der Waals surface area contributed by atoms with Crippen LogP contribution in [0, 0.1) is 17.0 Å². The Morgan fingerprint density at radius 1 is 1.17 bits per heavy atom. The van der Waals surface area contributed by atoms with E-state index in [4.69, 9.17) is 0 Å². The molecule has 6 nitrogen and oxygen atoms in total. The smallest absolute Gasteiger partial charge is 0.269 e. The van der Waals surface area contributed by atoms with Crippen molar-refractivity contribution in [2.45, 2.75) is 13.3 Å². The van der Waals surface area contributed by atoms with Crippen LogP contribution in [0.5, 0.6) is 0 Å². The van der Waals surface area contributed by atoms with E-state index in [0.717, 1.165) is 27.8 Å². The van der Waals surface area contributed by atoms with Gasteiger partial charge in [0.25, 0.3) is 5.69 Å². The molecule has 6 heteroatoms. The van der Waals surface area contributed by atoms with Gasteiger partial charge < -0.3 is 10.3 Å². The Morgan fingerprint density at radius 3 is 2.61 bits per heavy atom. The highest BCUT2D eigenvalue weighted by atomic mass is 16.6. The highest BCUT2D eigenvalue weighted by Crippen LogP contribution is 2.20. The molecule has 3 rings (SSSR count). The van der Waals surface area contributed by atoms with E-state index in [2.05, 4.69) is 10.3 Å². The Balaban J connectivity index is 1.69. The molecule has 0 aliphatic rings. The Labute approximate surface area is 132 Å². The lowest BCUT2D eigenvalue weighted by molar-refractivity contribution is -0.384. The first-order valence-electron chi connectivity index (χ1n) is 7.14. The van der Waals surface area contributed by atoms with Gasteiger partial charge in [-0.25, -0.2) is 0 Å². The molecular formula is C17H15N3O3. The SMILES string of the molecule is Cc1cc2cc(NC(=O)Cc3ccc([N+](=O)[O-])cc3)ccc2[nH]1. The minimum atomic E-state index is -0.460. The summed E-state index contributed by atoms with van der Waals surface area (Å²) in [5, 5.41) is 14.5. The maximum absolute atomic E-state index is 12.1. The number of hydrogen-bond acceptors (Lipinski definition) is 3. The number of aryl methyl sites for hydroxylation is 1. The fraction of sp³-hybridized carbons (Fsp3) is 0.118. The average Bonchev–Trinajstić information content (AvgIpc) is 2.87. The predicted molar refractivity (Wildman–Crippen MR) is 88.5 cm³/mol. The molecule has 0 saturated carbocycles. The first kappa shape index (κ1) is 14.8. The normalized spacial score (nSPS) is 10.7. The zero-order valence-corrected chi connectivity index (χ0v) is 12.5. The second kappa shape index (κ2) is 5.92. The molecule has 2 N–H and O–H groups in total. The van der Waals surface area contributed by atoms with Gasteiger partial charge in [0.15, 0.2) is 0 Å². The van der Waals surface area contributed by atoms with Gasteiger partial charge in [0.05, 0.1) is 11.3 Å². The van der Waals surface area contributed by atoms with Crippen molar-refractivity contribution >= 4 is 28.2 Å². The monoisotopic (exact) mass is 309 g/mol. The number of anilines is 1. The molecule has 0 atom stereocenters. The number of fused-ring (bicyclic) bond motifs is 1. The third-order valence-electron chi connectivity index (χ3n) is 3.55. The number of carbonyl (C=O) groups excluding carboxylic acids is 1. The number of hydrogen-bond donors (Lipinski definition) is 2. The largest absolute Gasteiger partial charge is 0.359 e. The van der Waals surface area contributed by atoms with Gasteiger partial charge >= 0.3 is 0 Å². The average molecular weight is 309 g/mol. The highest BCUT2D eigenvalue weighted by Gasteiger charge is 2.08. The van der Waals surface area contributed by atoms with Crippen LogP contribution < -0.4 is 5.32 Å². The van der Waals surface area contributed by atoms with E-state index < -0.39 is 4.92 Å². The molecule has 1 aromatic heterocycles. The molecule has 0 aliphatic carbocycles. The van der Waals surface area contributed by atoms with E-state index in [-0.39, 0.29) is 18.0 Å². The minimum Gasteiger partial charge on any atom is -0.359 e.